The van der Waals surface area contributed by atoms with Gasteiger partial charge in [0.1, 0.15) is 0 Å². The van der Waals surface area contributed by atoms with E-state index in [4.69, 9.17) is 16.3 Å². The van der Waals surface area contributed by atoms with Crippen molar-refractivity contribution in [3.05, 3.63) is 59.4 Å². The van der Waals surface area contributed by atoms with Crippen LogP contribution >= 0.6 is 23.4 Å². The molecule has 0 aliphatic heterocycles. The van der Waals surface area contributed by atoms with Gasteiger partial charge < -0.3 is 4.74 Å². The van der Waals surface area contributed by atoms with E-state index in [1.54, 1.807) is 35.0 Å². The molecule has 3 rings (SSSR count). The van der Waals surface area contributed by atoms with Crippen LogP contribution in [0.5, 0.6) is 5.75 Å². The number of benzene rings is 2. The Morgan fingerprint density at radius 3 is 2.70 bits per heavy atom. The maximum absolute atomic E-state index is 13.4. The fourth-order valence-electron chi connectivity index (χ4n) is 1.86. The number of para-hydroxylation sites is 1. The van der Waals surface area contributed by atoms with Crippen molar-refractivity contribution >= 4 is 23.4 Å². The molecule has 0 spiro atoms. The maximum atomic E-state index is 13.4. The number of nitrogens with zero attached hydrogens (tertiary/aromatic N) is 4. The summed E-state index contributed by atoms with van der Waals surface area (Å²) in [6.45, 7) is 0.346. The first-order chi connectivity index (χ1) is 11.2. The number of halogens is 2. The van der Waals surface area contributed by atoms with Crippen molar-refractivity contribution in [2.24, 2.45) is 0 Å². The average molecular weight is 351 g/mol. The van der Waals surface area contributed by atoms with E-state index >= 15 is 0 Å². The first-order valence-corrected chi connectivity index (χ1v) is 8.15. The summed E-state index contributed by atoms with van der Waals surface area (Å²) in [6, 6.07) is 13.5. The molecule has 2 aromatic carbocycles. The molecule has 23 heavy (non-hydrogen) atoms. The van der Waals surface area contributed by atoms with E-state index in [2.05, 4.69) is 15.5 Å². The van der Waals surface area contributed by atoms with E-state index < -0.39 is 0 Å². The molecule has 0 unspecified atom stereocenters. The molecule has 1 aromatic heterocycles. The molecule has 0 aliphatic carbocycles. The minimum atomic E-state index is -0.372. The SMILES string of the molecule is Fc1ccccc1OCCSc1nnnn1-c1ccc(Cl)cc1. The molecule has 8 heteroatoms. The van der Waals surface area contributed by atoms with E-state index in [0.29, 0.717) is 22.5 Å². The number of hydrogen-bond acceptors (Lipinski definition) is 5. The molecule has 0 saturated heterocycles. The van der Waals surface area contributed by atoms with Crippen molar-refractivity contribution in [1.29, 1.82) is 0 Å². The van der Waals surface area contributed by atoms with Gasteiger partial charge in [-0.2, -0.15) is 4.68 Å². The van der Waals surface area contributed by atoms with Gasteiger partial charge in [0.15, 0.2) is 11.6 Å². The Balaban J connectivity index is 1.58. The van der Waals surface area contributed by atoms with Crippen LogP contribution in [0.25, 0.3) is 5.69 Å². The second kappa shape index (κ2) is 7.43. The van der Waals surface area contributed by atoms with Crippen LogP contribution < -0.4 is 4.74 Å². The van der Waals surface area contributed by atoms with E-state index in [-0.39, 0.29) is 11.6 Å². The van der Waals surface area contributed by atoms with Crippen molar-refractivity contribution in [3.8, 4) is 11.4 Å². The molecule has 5 nitrogen and oxygen atoms in total. The second-order valence-electron chi connectivity index (χ2n) is 4.48. The lowest BCUT2D eigenvalue weighted by atomic mass is 10.3. The fourth-order valence-corrected chi connectivity index (χ4v) is 2.69. The highest BCUT2D eigenvalue weighted by Gasteiger charge is 2.09. The number of thioether (sulfide) groups is 1. The van der Waals surface area contributed by atoms with Gasteiger partial charge in [-0.1, -0.05) is 35.5 Å². The molecule has 0 saturated carbocycles. The molecular weight excluding hydrogens is 339 g/mol. The van der Waals surface area contributed by atoms with Gasteiger partial charge >= 0.3 is 0 Å². The van der Waals surface area contributed by atoms with E-state index in [0.717, 1.165) is 5.69 Å². The third-order valence-electron chi connectivity index (χ3n) is 2.92. The van der Waals surface area contributed by atoms with Crippen molar-refractivity contribution in [1.82, 2.24) is 20.2 Å². The predicted octanol–water partition coefficient (Wildman–Crippen LogP) is 3.63. The lowest BCUT2D eigenvalue weighted by molar-refractivity contribution is 0.325. The van der Waals surface area contributed by atoms with Gasteiger partial charge in [-0.25, -0.2) is 4.39 Å². The highest BCUT2D eigenvalue weighted by Crippen LogP contribution is 2.20. The van der Waals surface area contributed by atoms with Crippen LogP contribution in [0.15, 0.2) is 53.7 Å². The standard InChI is InChI=1S/C15H12ClFN4OS/c16-11-5-7-12(8-6-11)21-15(18-19-20-21)23-10-9-22-14-4-2-1-3-13(14)17/h1-8H,9-10H2. The molecule has 1 heterocycles. The van der Waals surface area contributed by atoms with Crippen LogP contribution in [0.2, 0.25) is 5.02 Å². The third-order valence-corrected chi connectivity index (χ3v) is 4.06. The summed E-state index contributed by atoms with van der Waals surface area (Å²) in [5.41, 5.74) is 0.817. The van der Waals surface area contributed by atoms with Crippen molar-refractivity contribution in [2.75, 3.05) is 12.4 Å². The summed E-state index contributed by atoms with van der Waals surface area (Å²) in [7, 11) is 0. The minimum absolute atomic E-state index is 0.241. The molecule has 118 valence electrons. The van der Waals surface area contributed by atoms with E-state index in [9.17, 15) is 4.39 Å². The van der Waals surface area contributed by atoms with Crippen molar-refractivity contribution in [3.63, 3.8) is 0 Å². The van der Waals surface area contributed by atoms with Crippen LogP contribution in [0.1, 0.15) is 0 Å². The van der Waals surface area contributed by atoms with Gasteiger partial charge in [-0.3, -0.25) is 0 Å². The zero-order valence-electron chi connectivity index (χ0n) is 11.9. The largest absolute Gasteiger partial charge is 0.490 e. The number of ether oxygens (including phenoxy) is 1. The lowest BCUT2D eigenvalue weighted by Gasteiger charge is -2.07. The number of hydrogen-bond donors (Lipinski definition) is 0. The Morgan fingerprint density at radius 1 is 1.13 bits per heavy atom. The van der Waals surface area contributed by atoms with Gasteiger partial charge in [0.2, 0.25) is 5.16 Å². The molecule has 0 atom stereocenters. The molecule has 0 amide bonds. The molecule has 0 radical (unpaired) electrons. The molecule has 0 fully saturated rings. The summed E-state index contributed by atoms with van der Waals surface area (Å²) < 4.78 is 20.4. The summed E-state index contributed by atoms with van der Waals surface area (Å²) in [4.78, 5) is 0. The number of rotatable bonds is 6. The Labute approximate surface area is 141 Å². The third kappa shape index (κ3) is 4.00. The van der Waals surface area contributed by atoms with Gasteiger partial charge in [-0.15, -0.1) is 5.10 Å². The van der Waals surface area contributed by atoms with Crippen molar-refractivity contribution < 1.29 is 9.13 Å². The maximum Gasteiger partial charge on any atom is 0.214 e. The molecule has 3 aromatic rings. The van der Waals surface area contributed by atoms with Gasteiger partial charge in [0.05, 0.1) is 12.3 Å². The highest BCUT2D eigenvalue weighted by molar-refractivity contribution is 7.99. The predicted molar refractivity (Wildman–Crippen MR) is 86.8 cm³/mol. The summed E-state index contributed by atoms with van der Waals surface area (Å²) in [5.74, 6) is 0.455. The number of aromatic nitrogens is 4. The van der Waals surface area contributed by atoms with Gasteiger partial charge in [0.25, 0.3) is 0 Å². The van der Waals surface area contributed by atoms with Gasteiger partial charge in [0, 0.05) is 10.8 Å². The van der Waals surface area contributed by atoms with Crippen LogP contribution in [0, 0.1) is 5.82 Å². The Hall–Kier alpha value is -2.12. The van der Waals surface area contributed by atoms with Crippen molar-refractivity contribution in [2.45, 2.75) is 5.16 Å². The summed E-state index contributed by atoms with van der Waals surface area (Å²) in [6.07, 6.45) is 0. The Kier molecular flexibility index (Phi) is 5.09. The monoisotopic (exact) mass is 350 g/mol. The summed E-state index contributed by atoms with van der Waals surface area (Å²) in [5, 5.41) is 12.9. The zero-order valence-corrected chi connectivity index (χ0v) is 13.5. The second-order valence-corrected chi connectivity index (χ2v) is 5.98. The summed E-state index contributed by atoms with van der Waals surface area (Å²) >= 11 is 7.30. The van der Waals surface area contributed by atoms with E-state index in [1.807, 2.05) is 12.1 Å². The smallest absolute Gasteiger partial charge is 0.214 e. The normalized spacial score (nSPS) is 10.7. The highest BCUT2D eigenvalue weighted by atomic mass is 35.5. The quantitative estimate of drug-likeness (QED) is 0.502. The first-order valence-electron chi connectivity index (χ1n) is 6.78. The zero-order chi connectivity index (χ0) is 16.1. The molecule has 0 bridgehead atoms. The molecule has 0 N–H and O–H groups in total. The minimum Gasteiger partial charge on any atom is -0.490 e. The molecule has 0 aliphatic rings. The first kappa shape index (κ1) is 15.8. The lowest BCUT2D eigenvalue weighted by Crippen LogP contribution is -2.04. The molecular formula is C15H12ClFN4OS. The topological polar surface area (TPSA) is 52.8 Å². The van der Waals surface area contributed by atoms with Crippen LogP contribution in [0.3, 0.4) is 0 Å². The fraction of sp³-hybridized carbons (Fsp3) is 0.133. The van der Waals surface area contributed by atoms with Crippen LogP contribution in [-0.4, -0.2) is 32.6 Å². The number of tetrazole rings is 1. The van der Waals surface area contributed by atoms with Crippen LogP contribution in [0.4, 0.5) is 4.39 Å². The average Bonchev–Trinajstić information content (AvgIpc) is 3.02. The van der Waals surface area contributed by atoms with E-state index in [1.165, 1.54) is 17.8 Å². The van der Waals surface area contributed by atoms with Crippen LogP contribution in [-0.2, 0) is 0 Å². The Morgan fingerprint density at radius 2 is 1.91 bits per heavy atom. The Bertz CT molecular complexity index is 781. The van der Waals surface area contributed by atoms with Gasteiger partial charge in [-0.05, 0) is 46.8 Å².